The Morgan fingerprint density at radius 2 is 1.94 bits per heavy atom. The molecule has 0 saturated carbocycles. The third kappa shape index (κ3) is 2.49. The van der Waals surface area contributed by atoms with Crippen LogP contribution in [-0.2, 0) is 9.84 Å². The van der Waals surface area contributed by atoms with Gasteiger partial charge < -0.3 is 5.32 Å². The summed E-state index contributed by atoms with van der Waals surface area (Å²) in [6.07, 6.45) is 1.36. The molecule has 1 N–H and O–H groups in total. The van der Waals surface area contributed by atoms with Gasteiger partial charge in [0, 0.05) is 6.04 Å². The summed E-state index contributed by atoms with van der Waals surface area (Å²) in [7, 11) is -2.79. The lowest BCUT2D eigenvalue weighted by Gasteiger charge is -2.22. The third-order valence-corrected chi connectivity index (χ3v) is 5.86. The second kappa shape index (κ2) is 4.51. The normalized spacial score (nSPS) is 20.0. The first-order chi connectivity index (χ1) is 8.62. The van der Waals surface area contributed by atoms with Crippen LogP contribution >= 0.6 is 11.3 Å². The molecule has 0 spiro atoms. The van der Waals surface area contributed by atoms with Gasteiger partial charge in [0.2, 0.25) is 0 Å². The molecule has 4 nitrogen and oxygen atoms in total. The summed E-state index contributed by atoms with van der Waals surface area (Å²) in [5.41, 5.74) is 0.994. The minimum Gasteiger partial charge on any atom is -0.359 e. The fourth-order valence-corrected chi connectivity index (χ4v) is 4.58. The first-order valence-electron chi connectivity index (χ1n) is 5.95. The van der Waals surface area contributed by atoms with Gasteiger partial charge in [-0.25, -0.2) is 13.4 Å². The summed E-state index contributed by atoms with van der Waals surface area (Å²) < 4.78 is 23.9. The number of thiazole rings is 1. The highest BCUT2D eigenvalue weighted by molar-refractivity contribution is 7.91. The van der Waals surface area contributed by atoms with Crippen molar-refractivity contribution in [1.29, 1.82) is 0 Å². The van der Waals surface area contributed by atoms with Gasteiger partial charge in [0.25, 0.3) is 0 Å². The number of anilines is 1. The Morgan fingerprint density at radius 1 is 1.22 bits per heavy atom. The van der Waals surface area contributed by atoms with Crippen molar-refractivity contribution in [3.63, 3.8) is 0 Å². The number of benzene rings is 1. The lowest BCUT2D eigenvalue weighted by atomic mass is 10.2. The van der Waals surface area contributed by atoms with Crippen LogP contribution in [0.15, 0.2) is 24.3 Å². The number of rotatable bonds is 2. The monoisotopic (exact) mass is 282 g/mol. The van der Waals surface area contributed by atoms with Crippen molar-refractivity contribution in [2.45, 2.75) is 18.9 Å². The maximum Gasteiger partial charge on any atom is 0.184 e. The molecule has 1 aromatic heterocycles. The molecule has 6 heteroatoms. The topological polar surface area (TPSA) is 59.1 Å². The number of para-hydroxylation sites is 1. The van der Waals surface area contributed by atoms with Crippen molar-refractivity contribution in [3.8, 4) is 0 Å². The molecule has 96 valence electrons. The average molecular weight is 282 g/mol. The fourth-order valence-electron chi connectivity index (χ4n) is 2.14. The molecule has 0 bridgehead atoms. The fraction of sp³-hybridized carbons (Fsp3) is 0.417. The molecule has 2 heterocycles. The van der Waals surface area contributed by atoms with Crippen LogP contribution in [0.2, 0.25) is 0 Å². The van der Waals surface area contributed by atoms with E-state index >= 15 is 0 Å². The molecule has 1 aliphatic heterocycles. The number of fused-ring (bicyclic) bond motifs is 1. The first-order valence-corrected chi connectivity index (χ1v) is 8.59. The van der Waals surface area contributed by atoms with Gasteiger partial charge in [-0.1, -0.05) is 23.5 Å². The van der Waals surface area contributed by atoms with Crippen molar-refractivity contribution in [3.05, 3.63) is 24.3 Å². The van der Waals surface area contributed by atoms with Crippen LogP contribution in [-0.4, -0.2) is 30.9 Å². The van der Waals surface area contributed by atoms with Crippen molar-refractivity contribution in [2.75, 3.05) is 16.8 Å². The largest absolute Gasteiger partial charge is 0.359 e. The van der Waals surface area contributed by atoms with E-state index in [9.17, 15) is 8.42 Å². The zero-order chi connectivity index (χ0) is 12.6. The lowest BCUT2D eigenvalue weighted by molar-refractivity contribution is 0.559. The van der Waals surface area contributed by atoms with Crippen LogP contribution in [0, 0.1) is 0 Å². The van der Waals surface area contributed by atoms with Gasteiger partial charge in [0.1, 0.15) is 9.84 Å². The highest BCUT2D eigenvalue weighted by atomic mass is 32.2. The molecule has 1 aromatic carbocycles. The molecule has 1 fully saturated rings. The van der Waals surface area contributed by atoms with E-state index in [0.717, 1.165) is 15.3 Å². The molecule has 3 rings (SSSR count). The first kappa shape index (κ1) is 11.9. The van der Waals surface area contributed by atoms with Crippen LogP contribution in [0.5, 0.6) is 0 Å². The molecule has 18 heavy (non-hydrogen) atoms. The van der Waals surface area contributed by atoms with Crippen LogP contribution in [0.1, 0.15) is 12.8 Å². The quantitative estimate of drug-likeness (QED) is 0.918. The molecule has 2 aromatic rings. The molecular weight excluding hydrogens is 268 g/mol. The second-order valence-corrected chi connectivity index (χ2v) is 7.89. The molecule has 1 aliphatic rings. The van der Waals surface area contributed by atoms with Crippen LogP contribution in [0.25, 0.3) is 10.2 Å². The lowest BCUT2D eigenvalue weighted by Crippen LogP contribution is -2.32. The van der Waals surface area contributed by atoms with Crippen molar-refractivity contribution < 1.29 is 8.42 Å². The molecule has 0 unspecified atom stereocenters. The molecule has 0 radical (unpaired) electrons. The predicted octanol–water partition coefficient (Wildman–Crippen LogP) is 2.29. The number of hydrogen-bond acceptors (Lipinski definition) is 5. The minimum atomic E-state index is -2.79. The number of nitrogens with zero attached hydrogens (tertiary/aromatic N) is 1. The van der Waals surface area contributed by atoms with E-state index in [1.54, 1.807) is 11.3 Å². The van der Waals surface area contributed by atoms with Crippen molar-refractivity contribution in [2.24, 2.45) is 0 Å². The molecule has 0 aliphatic carbocycles. The van der Waals surface area contributed by atoms with Gasteiger partial charge in [0.05, 0.1) is 21.7 Å². The summed E-state index contributed by atoms with van der Waals surface area (Å²) in [6, 6.07) is 8.23. The average Bonchev–Trinajstić information content (AvgIpc) is 2.74. The smallest absolute Gasteiger partial charge is 0.184 e. The number of aromatic nitrogens is 1. The van der Waals surface area contributed by atoms with Crippen LogP contribution < -0.4 is 5.32 Å². The Balaban J connectivity index is 1.73. The van der Waals surface area contributed by atoms with Crippen molar-refractivity contribution >= 4 is 36.5 Å². The molecule has 0 atom stereocenters. The Hall–Kier alpha value is -1.14. The maximum atomic E-state index is 11.3. The summed E-state index contributed by atoms with van der Waals surface area (Å²) in [4.78, 5) is 4.50. The second-order valence-electron chi connectivity index (χ2n) is 4.56. The minimum absolute atomic E-state index is 0.231. The molecule has 1 saturated heterocycles. The summed E-state index contributed by atoms with van der Waals surface area (Å²) >= 11 is 1.62. The Kier molecular flexibility index (Phi) is 2.99. The standard InChI is InChI=1S/C12H14N2O2S2/c15-18(16)7-5-9(6-8-18)13-12-14-10-3-1-2-4-11(10)17-12/h1-4,9H,5-8H2,(H,13,14). The number of nitrogens with one attached hydrogen (secondary N) is 1. The van der Waals surface area contributed by atoms with E-state index in [1.165, 1.54) is 0 Å². The van der Waals surface area contributed by atoms with Crippen LogP contribution in [0.3, 0.4) is 0 Å². The number of sulfone groups is 1. The predicted molar refractivity (Wildman–Crippen MR) is 74.9 cm³/mol. The zero-order valence-electron chi connectivity index (χ0n) is 9.80. The van der Waals surface area contributed by atoms with Crippen molar-refractivity contribution in [1.82, 2.24) is 4.98 Å². The maximum absolute atomic E-state index is 11.3. The van der Waals surface area contributed by atoms with E-state index in [1.807, 2.05) is 24.3 Å². The number of hydrogen-bond donors (Lipinski definition) is 1. The highest BCUT2D eigenvalue weighted by Gasteiger charge is 2.23. The van der Waals surface area contributed by atoms with Gasteiger partial charge in [0.15, 0.2) is 5.13 Å². The Morgan fingerprint density at radius 3 is 2.67 bits per heavy atom. The zero-order valence-corrected chi connectivity index (χ0v) is 11.4. The summed E-state index contributed by atoms with van der Waals surface area (Å²) in [5.74, 6) is 0.575. The van der Waals surface area contributed by atoms with E-state index in [2.05, 4.69) is 10.3 Å². The molecule has 0 amide bonds. The van der Waals surface area contributed by atoms with Gasteiger partial charge in [-0.2, -0.15) is 0 Å². The Labute approximate surface area is 110 Å². The highest BCUT2D eigenvalue weighted by Crippen LogP contribution is 2.27. The summed E-state index contributed by atoms with van der Waals surface area (Å²) in [5, 5.41) is 4.24. The van der Waals surface area contributed by atoms with Gasteiger partial charge in [-0.15, -0.1) is 0 Å². The summed E-state index contributed by atoms with van der Waals surface area (Å²) in [6.45, 7) is 0. The van der Waals surface area contributed by atoms with E-state index in [4.69, 9.17) is 0 Å². The van der Waals surface area contributed by atoms with Gasteiger partial charge in [-0.05, 0) is 25.0 Å². The van der Waals surface area contributed by atoms with Gasteiger partial charge >= 0.3 is 0 Å². The van der Waals surface area contributed by atoms with E-state index in [0.29, 0.717) is 12.8 Å². The van der Waals surface area contributed by atoms with E-state index < -0.39 is 9.84 Å². The Bertz CT molecular complexity index is 617. The van der Waals surface area contributed by atoms with Gasteiger partial charge in [-0.3, -0.25) is 0 Å². The SMILES string of the molecule is O=S1(=O)CCC(Nc2nc3ccccc3s2)CC1. The molecular formula is C12H14N2O2S2. The van der Waals surface area contributed by atoms with E-state index in [-0.39, 0.29) is 17.5 Å². The third-order valence-electron chi connectivity index (χ3n) is 3.18. The van der Waals surface area contributed by atoms with Crippen LogP contribution in [0.4, 0.5) is 5.13 Å².